The van der Waals surface area contributed by atoms with Gasteiger partial charge in [-0.25, -0.2) is 4.98 Å². The number of thiazole rings is 1. The lowest BCUT2D eigenvalue weighted by molar-refractivity contribution is 0.558. The number of rotatable bonds is 7. The van der Waals surface area contributed by atoms with Crippen LogP contribution >= 0.6 is 11.3 Å². The van der Waals surface area contributed by atoms with Gasteiger partial charge in [0.05, 0.1) is 5.69 Å². The van der Waals surface area contributed by atoms with Crippen LogP contribution < -0.4 is 10.2 Å². The second kappa shape index (κ2) is 6.97. The summed E-state index contributed by atoms with van der Waals surface area (Å²) < 4.78 is 0. The molecule has 0 saturated heterocycles. The van der Waals surface area contributed by atoms with E-state index in [9.17, 15) is 0 Å². The van der Waals surface area contributed by atoms with Crippen molar-refractivity contribution in [3.8, 4) is 0 Å². The quantitative estimate of drug-likeness (QED) is 0.811. The van der Waals surface area contributed by atoms with Crippen molar-refractivity contribution in [2.75, 3.05) is 18.5 Å². The fourth-order valence-corrected chi connectivity index (χ4v) is 2.34. The molecular formula is C13H25N3S. The molecule has 4 heteroatoms. The standard InChI is InChI=1S/C13H25N3S/c1-6-11(4)8-16(5)13-15-12(9-17-13)7-14-10(2)3/h9-11,14H,6-8H2,1-5H3. The summed E-state index contributed by atoms with van der Waals surface area (Å²) in [5.41, 5.74) is 1.15. The second-order valence-corrected chi connectivity index (χ2v) is 5.89. The maximum absolute atomic E-state index is 4.65. The van der Waals surface area contributed by atoms with Crippen LogP contribution in [0.5, 0.6) is 0 Å². The van der Waals surface area contributed by atoms with Crippen molar-refractivity contribution in [1.29, 1.82) is 0 Å². The minimum atomic E-state index is 0.512. The minimum Gasteiger partial charge on any atom is -0.351 e. The molecule has 0 aliphatic carbocycles. The smallest absolute Gasteiger partial charge is 0.185 e. The van der Waals surface area contributed by atoms with Crippen LogP contribution in [0.4, 0.5) is 5.13 Å². The zero-order valence-electron chi connectivity index (χ0n) is 11.7. The van der Waals surface area contributed by atoms with E-state index in [0.717, 1.165) is 29.8 Å². The molecule has 0 aromatic carbocycles. The van der Waals surface area contributed by atoms with Crippen LogP contribution in [0.25, 0.3) is 0 Å². The third-order valence-corrected chi connectivity index (χ3v) is 3.84. The van der Waals surface area contributed by atoms with Crippen molar-refractivity contribution in [2.24, 2.45) is 5.92 Å². The van der Waals surface area contributed by atoms with Crippen molar-refractivity contribution in [3.63, 3.8) is 0 Å². The minimum absolute atomic E-state index is 0.512. The van der Waals surface area contributed by atoms with Crippen LogP contribution in [-0.4, -0.2) is 24.6 Å². The Labute approximate surface area is 109 Å². The largest absolute Gasteiger partial charge is 0.351 e. The van der Waals surface area contributed by atoms with E-state index in [0.29, 0.717) is 6.04 Å². The summed E-state index contributed by atoms with van der Waals surface area (Å²) in [5, 5.41) is 6.67. The van der Waals surface area contributed by atoms with E-state index in [4.69, 9.17) is 0 Å². The van der Waals surface area contributed by atoms with Gasteiger partial charge in [0.15, 0.2) is 5.13 Å². The molecule has 98 valence electrons. The summed E-state index contributed by atoms with van der Waals surface area (Å²) in [5.74, 6) is 0.723. The monoisotopic (exact) mass is 255 g/mol. The molecule has 0 spiro atoms. The van der Waals surface area contributed by atoms with E-state index in [2.05, 4.69) is 55.3 Å². The van der Waals surface area contributed by atoms with Crippen molar-refractivity contribution < 1.29 is 0 Å². The van der Waals surface area contributed by atoms with Crippen molar-refractivity contribution in [2.45, 2.75) is 46.7 Å². The van der Waals surface area contributed by atoms with Gasteiger partial charge in [0.25, 0.3) is 0 Å². The van der Waals surface area contributed by atoms with Gasteiger partial charge in [-0.15, -0.1) is 11.3 Å². The molecule has 3 nitrogen and oxygen atoms in total. The molecular weight excluding hydrogens is 230 g/mol. The Morgan fingerprint density at radius 1 is 1.41 bits per heavy atom. The number of nitrogens with one attached hydrogen (secondary N) is 1. The van der Waals surface area contributed by atoms with Gasteiger partial charge in [0.1, 0.15) is 0 Å². The zero-order chi connectivity index (χ0) is 12.8. The summed E-state index contributed by atoms with van der Waals surface area (Å²) in [4.78, 5) is 6.91. The van der Waals surface area contributed by atoms with Crippen LogP contribution in [0, 0.1) is 5.92 Å². The number of hydrogen-bond acceptors (Lipinski definition) is 4. The molecule has 0 aliphatic heterocycles. The summed E-state index contributed by atoms with van der Waals surface area (Å²) in [6.07, 6.45) is 1.22. The topological polar surface area (TPSA) is 28.2 Å². The van der Waals surface area contributed by atoms with Crippen molar-refractivity contribution in [1.82, 2.24) is 10.3 Å². The Kier molecular flexibility index (Phi) is 5.92. The average Bonchev–Trinajstić information content (AvgIpc) is 2.74. The average molecular weight is 255 g/mol. The van der Waals surface area contributed by atoms with E-state index in [1.54, 1.807) is 11.3 Å². The lowest BCUT2D eigenvalue weighted by Gasteiger charge is -2.19. The van der Waals surface area contributed by atoms with Crippen LogP contribution in [0.2, 0.25) is 0 Å². The first-order chi connectivity index (χ1) is 8.02. The van der Waals surface area contributed by atoms with Gasteiger partial charge in [-0.1, -0.05) is 34.1 Å². The molecule has 0 amide bonds. The first-order valence-corrected chi connectivity index (χ1v) is 7.29. The molecule has 1 atom stereocenters. The Hall–Kier alpha value is -0.610. The van der Waals surface area contributed by atoms with Gasteiger partial charge in [0.2, 0.25) is 0 Å². The van der Waals surface area contributed by atoms with Crippen LogP contribution in [0.3, 0.4) is 0 Å². The fraction of sp³-hybridized carbons (Fsp3) is 0.769. The molecule has 0 aliphatic rings. The van der Waals surface area contributed by atoms with Gasteiger partial charge in [0, 0.05) is 31.6 Å². The molecule has 0 saturated carbocycles. The molecule has 17 heavy (non-hydrogen) atoms. The number of anilines is 1. The predicted octanol–water partition coefficient (Wildman–Crippen LogP) is 3.12. The molecule has 1 aromatic heterocycles. The highest BCUT2D eigenvalue weighted by Crippen LogP contribution is 2.20. The normalized spacial score (nSPS) is 13.1. The summed E-state index contributed by atoms with van der Waals surface area (Å²) in [7, 11) is 2.13. The highest BCUT2D eigenvalue weighted by Gasteiger charge is 2.09. The van der Waals surface area contributed by atoms with Crippen LogP contribution in [0.15, 0.2) is 5.38 Å². The summed E-state index contributed by atoms with van der Waals surface area (Å²) in [6, 6.07) is 0.512. The van der Waals surface area contributed by atoms with Gasteiger partial charge in [-0.2, -0.15) is 0 Å². The van der Waals surface area contributed by atoms with Gasteiger partial charge in [-0.05, 0) is 5.92 Å². The summed E-state index contributed by atoms with van der Waals surface area (Å²) >= 11 is 1.74. The number of hydrogen-bond donors (Lipinski definition) is 1. The molecule has 0 bridgehead atoms. The Morgan fingerprint density at radius 2 is 2.12 bits per heavy atom. The van der Waals surface area contributed by atoms with E-state index in [1.165, 1.54) is 6.42 Å². The van der Waals surface area contributed by atoms with E-state index >= 15 is 0 Å². The maximum Gasteiger partial charge on any atom is 0.185 e. The maximum atomic E-state index is 4.65. The highest BCUT2D eigenvalue weighted by atomic mass is 32.1. The van der Waals surface area contributed by atoms with Crippen molar-refractivity contribution >= 4 is 16.5 Å². The molecule has 1 aromatic rings. The molecule has 0 fully saturated rings. The first-order valence-electron chi connectivity index (χ1n) is 6.41. The molecule has 1 rings (SSSR count). The predicted molar refractivity (Wildman–Crippen MR) is 76.8 cm³/mol. The number of aromatic nitrogens is 1. The van der Waals surface area contributed by atoms with Crippen LogP contribution in [-0.2, 0) is 6.54 Å². The summed E-state index contributed by atoms with van der Waals surface area (Å²) in [6.45, 7) is 10.8. The van der Waals surface area contributed by atoms with E-state index < -0.39 is 0 Å². The van der Waals surface area contributed by atoms with Gasteiger partial charge < -0.3 is 10.2 Å². The van der Waals surface area contributed by atoms with E-state index in [-0.39, 0.29) is 0 Å². The molecule has 1 N–H and O–H groups in total. The fourth-order valence-electron chi connectivity index (χ4n) is 1.54. The van der Waals surface area contributed by atoms with Crippen molar-refractivity contribution in [3.05, 3.63) is 11.1 Å². The third-order valence-electron chi connectivity index (χ3n) is 2.84. The van der Waals surface area contributed by atoms with Gasteiger partial charge in [-0.3, -0.25) is 0 Å². The highest BCUT2D eigenvalue weighted by molar-refractivity contribution is 7.13. The lowest BCUT2D eigenvalue weighted by atomic mass is 10.1. The Morgan fingerprint density at radius 3 is 2.71 bits per heavy atom. The molecule has 0 radical (unpaired) electrons. The Bertz CT molecular complexity index is 322. The second-order valence-electron chi connectivity index (χ2n) is 5.05. The third kappa shape index (κ3) is 5.04. The number of nitrogens with zero attached hydrogens (tertiary/aromatic N) is 2. The SMILES string of the molecule is CCC(C)CN(C)c1nc(CNC(C)C)cs1. The Balaban J connectivity index is 2.49. The van der Waals surface area contributed by atoms with Crippen LogP contribution in [0.1, 0.15) is 39.8 Å². The lowest BCUT2D eigenvalue weighted by Crippen LogP contribution is -2.24. The molecule has 1 unspecified atom stereocenters. The van der Waals surface area contributed by atoms with Gasteiger partial charge >= 0.3 is 0 Å². The molecule has 1 heterocycles. The zero-order valence-corrected chi connectivity index (χ0v) is 12.5. The van der Waals surface area contributed by atoms with E-state index in [1.807, 2.05) is 0 Å². The first kappa shape index (κ1) is 14.5.